The summed E-state index contributed by atoms with van der Waals surface area (Å²) in [6, 6.07) is 17.2. The van der Waals surface area contributed by atoms with Crippen molar-refractivity contribution in [1.29, 1.82) is 0 Å². The summed E-state index contributed by atoms with van der Waals surface area (Å²) in [5, 5.41) is 7.33. The number of benzene rings is 2. The van der Waals surface area contributed by atoms with E-state index in [2.05, 4.69) is 74.6 Å². The molecule has 1 heterocycles. The van der Waals surface area contributed by atoms with E-state index in [0.29, 0.717) is 12.1 Å². The third-order valence-corrected chi connectivity index (χ3v) is 6.01. The van der Waals surface area contributed by atoms with Gasteiger partial charge in [0.15, 0.2) is 5.69 Å². The number of H-pyrrole nitrogens is 1. The number of carbonyl (C=O) groups excluding carboxylic acids is 1. The quantitative estimate of drug-likeness (QED) is 0.640. The van der Waals surface area contributed by atoms with Crippen LogP contribution in [0.5, 0.6) is 0 Å². The number of esters is 1. The molecule has 1 aromatic heterocycles. The van der Waals surface area contributed by atoms with Crippen molar-refractivity contribution in [3.8, 4) is 0 Å². The Morgan fingerprint density at radius 3 is 2.10 bits per heavy atom. The minimum Gasteiger partial charge on any atom is -0.464 e. The van der Waals surface area contributed by atoms with Crippen LogP contribution in [0.3, 0.4) is 0 Å². The molecule has 0 aliphatic heterocycles. The summed E-state index contributed by atoms with van der Waals surface area (Å²) in [5.74, 6) is -0.432. The highest BCUT2D eigenvalue weighted by molar-refractivity contribution is 5.92. The second-order valence-electron chi connectivity index (χ2n) is 8.33. The van der Waals surface area contributed by atoms with E-state index in [1.54, 1.807) is 0 Å². The molecule has 0 atom stereocenters. The molecule has 0 unspecified atom stereocenters. The molecule has 1 aliphatic rings. The molecule has 0 amide bonds. The topological polar surface area (TPSA) is 61.5 Å². The van der Waals surface area contributed by atoms with Gasteiger partial charge in [-0.15, -0.1) is 0 Å². The number of aromatic nitrogens is 2. The van der Waals surface area contributed by atoms with E-state index in [1.165, 1.54) is 18.2 Å². The number of anilines is 2. The Kier molecular flexibility index (Phi) is 5.31. The minimum atomic E-state index is -0.432. The number of nitrogens with zero attached hydrogens (tertiary/aromatic N) is 3. The summed E-state index contributed by atoms with van der Waals surface area (Å²) in [7, 11) is 9.56. The SMILES string of the molecule is COC(=O)c1n[nH]c2c1C=CC(c1cccc(N(C)C)c1)(c1cccc(N(C)C)c1)C2. The average Bonchev–Trinajstić information content (AvgIpc) is 3.21. The highest BCUT2D eigenvalue weighted by atomic mass is 16.5. The Morgan fingerprint density at radius 1 is 1.00 bits per heavy atom. The van der Waals surface area contributed by atoms with Crippen molar-refractivity contribution in [2.75, 3.05) is 45.1 Å². The Morgan fingerprint density at radius 2 is 1.58 bits per heavy atom. The monoisotopic (exact) mass is 416 g/mol. The zero-order valence-electron chi connectivity index (χ0n) is 18.6. The third-order valence-electron chi connectivity index (χ3n) is 6.01. The molecule has 2 aromatic carbocycles. The Labute approximate surface area is 183 Å². The molecule has 160 valence electrons. The van der Waals surface area contributed by atoms with Crippen LogP contribution in [0.4, 0.5) is 11.4 Å². The van der Waals surface area contributed by atoms with Crippen molar-refractivity contribution in [1.82, 2.24) is 10.2 Å². The second-order valence-corrected chi connectivity index (χ2v) is 8.33. The van der Waals surface area contributed by atoms with Crippen molar-refractivity contribution >= 4 is 23.4 Å². The number of carbonyl (C=O) groups is 1. The zero-order chi connectivity index (χ0) is 22.2. The minimum absolute atomic E-state index is 0.325. The number of ether oxygens (including phenoxy) is 1. The van der Waals surface area contributed by atoms with E-state index in [4.69, 9.17) is 4.74 Å². The van der Waals surface area contributed by atoms with E-state index in [0.717, 1.165) is 22.6 Å². The van der Waals surface area contributed by atoms with Crippen LogP contribution in [0.25, 0.3) is 6.08 Å². The molecule has 0 fully saturated rings. The van der Waals surface area contributed by atoms with Crippen LogP contribution in [0.15, 0.2) is 54.6 Å². The first-order valence-electron chi connectivity index (χ1n) is 10.3. The van der Waals surface area contributed by atoms with Gasteiger partial charge in [0.1, 0.15) is 0 Å². The molecule has 6 heteroatoms. The predicted octanol–water partition coefficient (Wildman–Crippen LogP) is 3.88. The standard InChI is InChI=1S/C25H28N4O2/c1-28(2)19-10-6-8-17(14-19)25(18-9-7-11-20(15-18)29(3)4)13-12-21-22(16-25)26-27-23(21)24(30)31-5/h6-15H,16H2,1-5H3,(H,26,27). The fourth-order valence-corrected chi connectivity index (χ4v) is 4.20. The molecular weight excluding hydrogens is 388 g/mol. The number of aromatic amines is 1. The first-order valence-corrected chi connectivity index (χ1v) is 10.3. The van der Waals surface area contributed by atoms with Crippen LogP contribution in [0, 0.1) is 0 Å². The van der Waals surface area contributed by atoms with Gasteiger partial charge in [0.05, 0.1) is 7.11 Å². The van der Waals surface area contributed by atoms with Crippen molar-refractivity contribution < 1.29 is 9.53 Å². The van der Waals surface area contributed by atoms with Gasteiger partial charge < -0.3 is 14.5 Å². The lowest BCUT2D eigenvalue weighted by atomic mass is 9.68. The van der Waals surface area contributed by atoms with E-state index in [1.807, 2.05) is 34.3 Å². The maximum atomic E-state index is 12.1. The lowest BCUT2D eigenvalue weighted by Crippen LogP contribution is -2.31. The van der Waals surface area contributed by atoms with E-state index < -0.39 is 11.4 Å². The third kappa shape index (κ3) is 3.58. The summed E-state index contributed by atoms with van der Waals surface area (Å²) in [5.41, 5.74) is 6.30. The lowest BCUT2D eigenvalue weighted by molar-refractivity contribution is 0.0593. The molecule has 31 heavy (non-hydrogen) atoms. The number of rotatable bonds is 5. The second kappa shape index (κ2) is 7.95. The van der Waals surface area contributed by atoms with Crippen LogP contribution in [-0.4, -0.2) is 51.5 Å². The molecule has 4 rings (SSSR count). The molecular formula is C25H28N4O2. The van der Waals surface area contributed by atoms with Crippen molar-refractivity contribution in [2.24, 2.45) is 0 Å². The maximum absolute atomic E-state index is 12.1. The molecule has 1 aliphatic carbocycles. The maximum Gasteiger partial charge on any atom is 0.359 e. The van der Waals surface area contributed by atoms with E-state index in [9.17, 15) is 4.79 Å². The van der Waals surface area contributed by atoms with Gasteiger partial charge >= 0.3 is 5.97 Å². The lowest BCUT2D eigenvalue weighted by Gasteiger charge is -2.35. The van der Waals surface area contributed by atoms with E-state index in [-0.39, 0.29) is 0 Å². The van der Waals surface area contributed by atoms with Gasteiger partial charge in [0.25, 0.3) is 0 Å². The summed E-state index contributed by atoms with van der Waals surface area (Å²) in [6.45, 7) is 0. The van der Waals surface area contributed by atoms with E-state index >= 15 is 0 Å². The Bertz CT molecular complexity index is 1090. The van der Waals surface area contributed by atoms with Crippen LogP contribution in [0.2, 0.25) is 0 Å². The Balaban J connectivity index is 1.91. The first-order chi connectivity index (χ1) is 14.9. The largest absolute Gasteiger partial charge is 0.464 e. The van der Waals surface area contributed by atoms with Crippen molar-refractivity contribution in [2.45, 2.75) is 11.8 Å². The van der Waals surface area contributed by atoms with Gasteiger partial charge in [-0.25, -0.2) is 4.79 Å². The van der Waals surface area contributed by atoms with Crippen LogP contribution in [0.1, 0.15) is 32.9 Å². The molecule has 0 spiro atoms. The summed E-state index contributed by atoms with van der Waals surface area (Å²) in [4.78, 5) is 16.4. The van der Waals surface area contributed by atoms with Gasteiger partial charge in [-0.1, -0.05) is 36.4 Å². The molecule has 3 aromatic rings. The van der Waals surface area contributed by atoms with Crippen molar-refractivity contribution in [3.63, 3.8) is 0 Å². The molecule has 6 nitrogen and oxygen atoms in total. The number of fused-ring (bicyclic) bond motifs is 1. The molecule has 1 N–H and O–H groups in total. The number of methoxy groups -OCH3 is 1. The first kappa shape index (κ1) is 20.7. The molecule has 0 saturated carbocycles. The normalized spacial score (nSPS) is 14.1. The summed E-state index contributed by atoms with van der Waals surface area (Å²) < 4.78 is 4.90. The molecule has 0 saturated heterocycles. The number of hydrogen-bond donors (Lipinski definition) is 1. The summed E-state index contributed by atoms with van der Waals surface area (Å²) in [6.07, 6.45) is 4.86. The van der Waals surface area contributed by atoms with Gasteiger partial charge in [-0.3, -0.25) is 5.10 Å². The fourth-order valence-electron chi connectivity index (χ4n) is 4.20. The Hall–Kier alpha value is -3.54. The van der Waals surface area contributed by atoms with Gasteiger partial charge in [0, 0.05) is 62.7 Å². The molecule has 0 radical (unpaired) electrons. The van der Waals surface area contributed by atoms with Crippen molar-refractivity contribution in [3.05, 3.63) is 82.7 Å². The smallest absolute Gasteiger partial charge is 0.359 e. The average molecular weight is 417 g/mol. The fraction of sp³-hybridized carbons (Fsp3) is 0.280. The zero-order valence-corrected chi connectivity index (χ0v) is 18.6. The highest BCUT2D eigenvalue weighted by Gasteiger charge is 2.37. The van der Waals surface area contributed by atoms with Crippen LogP contribution < -0.4 is 9.80 Å². The number of allylic oxidation sites excluding steroid dienone is 1. The van der Waals surface area contributed by atoms with Gasteiger partial charge in [-0.2, -0.15) is 5.10 Å². The number of hydrogen-bond acceptors (Lipinski definition) is 5. The molecule has 0 bridgehead atoms. The predicted molar refractivity (Wildman–Crippen MR) is 125 cm³/mol. The summed E-state index contributed by atoms with van der Waals surface area (Å²) >= 11 is 0. The van der Waals surface area contributed by atoms with Crippen LogP contribution >= 0.6 is 0 Å². The highest BCUT2D eigenvalue weighted by Crippen LogP contribution is 2.43. The number of nitrogens with one attached hydrogen (secondary N) is 1. The van der Waals surface area contributed by atoms with Crippen LogP contribution in [-0.2, 0) is 16.6 Å². The van der Waals surface area contributed by atoms with Gasteiger partial charge in [0.2, 0.25) is 0 Å². The van der Waals surface area contributed by atoms with Gasteiger partial charge in [-0.05, 0) is 35.4 Å².